The van der Waals surface area contributed by atoms with E-state index in [1.54, 1.807) is 20.2 Å². The Kier molecular flexibility index (Phi) is 9.71. The molecule has 1 atom stereocenters. The van der Waals surface area contributed by atoms with Crippen LogP contribution in [0.5, 0.6) is 5.75 Å². The molecule has 1 fully saturated rings. The number of aliphatic hydroxyl groups is 1. The Hall–Kier alpha value is -3.05. The van der Waals surface area contributed by atoms with Crippen molar-refractivity contribution in [3.63, 3.8) is 0 Å². The standard InChI is InChI=1S/C27H34ClF3N4O4/c1-33(2)24(36)19-15-22(28)23(32-17-19)35-13-10-18(11-14-35)7-6-12-34(3)25(37)26(38,27(29,30)31)20-8-5-9-21(16-20)39-4/h5,8-9,15-18,38H,6-7,10-14H2,1-4H3. The third kappa shape index (κ3) is 6.75. The number of methoxy groups -OCH3 is 1. The minimum absolute atomic E-state index is 0.0656. The molecule has 1 aliphatic rings. The Labute approximate surface area is 231 Å². The molecule has 214 valence electrons. The van der Waals surface area contributed by atoms with Crippen molar-refractivity contribution in [3.05, 3.63) is 52.7 Å². The Morgan fingerprint density at radius 1 is 1.18 bits per heavy atom. The van der Waals surface area contributed by atoms with Gasteiger partial charge in [0, 0.05) is 52.5 Å². The second kappa shape index (κ2) is 12.4. The maximum absolute atomic E-state index is 14.0. The first kappa shape index (κ1) is 30.5. The molecule has 0 saturated carbocycles. The van der Waals surface area contributed by atoms with Crippen LogP contribution in [0.15, 0.2) is 36.5 Å². The van der Waals surface area contributed by atoms with Crippen molar-refractivity contribution in [1.29, 1.82) is 0 Å². The number of ether oxygens (including phenoxy) is 1. The van der Waals surface area contributed by atoms with Gasteiger partial charge in [-0.1, -0.05) is 23.7 Å². The third-order valence-corrected chi connectivity index (χ3v) is 7.33. The number of alkyl halides is 3. The molecule has 0 radical (unpaired) electrons. The van der Waals surface area contributed by atoms with Crippen LogP contribution in [0.4, 0.5) is 19.0 Å². The van der Waals surface area contributed by atoms with Crippen molar-refractivity contribution < 1.29 is 32.6 Å². The first-order valence-electron chi connectivity index (χ1n) is 12.6. The molecule has 39 heavy (non-hydrogen) atoms. The summed E-state index contributed by atoms with van der Waals surface area (Å²) in [5, 5.41) is 11.0. The van der Waals surface area contributed by atoms with Crippen molar-refractivity contribution in [1.82, 2.24) is 14.8 Å². The average Bonchev–Trinajstić information content (AvgIpc) is 2.91. The molecule has 1 aromatic heterocycles. The Morgan fingerprint density at radius 2 is 1.85 bits per heavy atom. The quantitative estimate of drug-likeness (QED) is 0.482. The van der Waals surface area contributed by atoms with E-state index in [2.05, 4.69) is 9.88 Å². The van der Waals surface area contributed by atoms with Gasteiger partial charge in [0.2, 0.25) is 0 Å². The number of hydrogen-bond acceptors (Lipinski definition) is 6. The number of nitrogens with zero attached hydrogens (tertiary/aromatic N) is 4. The van der Waals surface area contributed by atoms with E-state index in [9.17, 15) is 27.9 Å². The zero-order chi connectivity index (χ0) is 29.0. The molecular weight excluding hydrogens is 537 g/mol. The van der Waals surface area contributed by atoms with Gasteiger partial charge in [-0.25, -0.2) is 4.98 Å². The van der Waals surface area contributed by atoms with Gasteiger partial charge in [0.15, 0.2) is 0 Å². The van der Waals surface area contributed by atoms with E-state index < -0.39 is 23.2 Å². The van der Waals surface area contributed by atoms with Gasteiger partial charge in [-0.3, -0.25) is 9.59 Å². The van der Waals surface area contributed by atoms with E-state index in [4.69, 9.17) is 16.3 Å². The molecule has 0 bridgehead atoms. The van der Waals surface area contributed by atoms with Crippen molar-refractivity contribution in [2.45, 2.75) is 37.5 Å². The van der Waals surface area contributed by atoms with Gasteiger partial charge in [0.05, 0.1) is 17.7 Å². The number of hydrogen-bond donors (Lipinski definition) is 1. The molecule has 2 amide bonds. The van der Waals surface area contributed by atoms with Crippen molar-refractivity contribution in [3.8, 4) is 5.75 Å². The first-order valence-corrected chi connectivity index (χ1v) is 13.0. The number of halogens is 4. The molecule has 0 spiro atoms. The minimum Gasteiger partial charge on any atom is -0.497 e. The number of rotatable bonds is 9. The molecule has 2 heterocycles. The third-order valence-electron chi connectivity index (χ3n) is 7.05. The molecule has 3 rings (SSSR count). The fourth-order valence-electron chi connectivity index (χ4n) is 4.72. The zero-order valence-electron chi connectivity index (χ0n) is 22.5. The molecule has 1 aliphatic heterocycles. The minimum atomic E-state index is -5.22. The number of likely N-dealkylation sites (N-methyl/N-ethyl adjacent to an activating group) is 1. The van der Waals surface area contributed by atoms with Crippen LogP contribution in [-0.2, 0) is 10.4 Å². The largest absolute Gasteiger partial charge is 0.497 e. The van der Waals surface area contributed by atoms with Gasteiger partial charge < -0.3 is 24.5 Å². The van der Waals surface area contributed by atoms with E-state index in [0.29, 0.717) is 48.3 Å². The van der Waals surface area contributed by atoms with Crippen molar-refractivity contribution >= 4 is 29.2 Å². The number of anilines is 1. The highest BCUT2D eigenvalue weighted by atomic mass is 35.5. The smallest absolute Gasteiger partial charge is 0.430 e. The van der Waals surface area contributed by atoms with Crippen LogP contribution in [0.3, 0.4) is 0 Å². The number of piperidine rings is 1. The van der Waals surface area contributed by atoms with Gasteiger partial charge in [-0.05, 0) is 49.8 Å². The predicted octanol–water partition coefficient (Wildman–Crippen LogP) is 4.35. The monoisotopic (exact) mass is 570 g/mol. The van der Waals surface area contributed by atoms with E-state index in [-0.39, 0.29) is 18.2 Å². The molecule has 1 N–H and O–H groups in total. The lowest BCUT2D eigenvalue weighted by atomic mass is 9.90. The number of amides is 2. The second-order valence-electron chi connectivity index (χ2n) is 9.97. The van der Waals surface area contributed by atoms with E-state index in [1.165, 1.54) is 37.4 Å². The summed E-state index contributed by atoms with van der Waals surface area (Å²) in [4.78, 5) is 33.9. The number of benzene rings is 1. The number of aromatic nitrogens is 1. The fraction of sp³-hybridized carbons (Fsp3) is 0.519. The fourth-order valence-corrected chi connectivity index (χ4v) is 5.01. The number of pyridine rings is 1. The Morgan fingerprint density at radius 3 is 2.41 bits per heavy atom. The van der Waals surface area contributed by atoms with E-state index in [1.807, 2.05) is 0 Å². The molecule has 1 aromatic carbocycles. The topological polar surface area (TPSA) is 86.2 Å². The highest BCUT2D eigenvalue weighted by Crippen LogP contribution is 2.41. The predicted molar refractivity (Wildman–Crippen MR) is 142 cm³/mol. The van der Waals surface area contributed by atoms with Crippen LogP contribution in [0.1, 0.15) is 41.6 Å². The number of carbonyl (C=O) groups is 2. The summed E-state index contributed by atoms with van der Waals surface area (Å²) in [5.74, 6) is -0.588. The summed E-state index contributed by atoms with van der Waals surface area (Å²) in [7, 11) is 5.86. The van der Waals surface area contributed by atoms with Gasteiger partial charge in [0.25, 0.3) is 17.4 Å². The zero-order valence-corrected chi connectivity index (χ0v) is 23.2. The highest BCUT2D eigenvalue weighted by Gasteiger charge is 2.61. The van der Waals surface area contributed by atoms with Gasteiger partial charge in [-0.15, -0.1) is 0 Å². The molecule has 8 nitrogen and oxygen atoms in total. The summed E-state index contributed by atoms with van der Waals surface area (Å²) >= 11 is 6.41. The molecule has 2 aromatic rings. The van der Waals surface area contributed by atoms with Crippen LogP contribution in [0, 0.1) is 5.92 Å². The molecule has 1 saturated heterocycles. The average molecular weight is 571 g/mol. The van der Waals surface area contributed by atoms with Crippen LogP contribution < -0.4 is 9.64 Å². The maximum Gasteiger partial charge on any atom is 0.430 e. The van der Waals surface area contributed by atoms with Gasteiger partial charge in [-0.2, -0.15) is 13.2 Å². The van der Waals surface area contributed by atoms with Gasteiger partial charge in [0.1, 0.15) is 11.6 Å². The lowest BCUT2D eigenvalue weighted by Crippen LogP contribution is -2.55. The summed E-state index contributed by atoms with van der Waals surface area (Å²) in [5.41, 5.74) is -3.86. The summed E-state index contributed by atoms with van der Waals surface area (Å²) in [6, 6.07) is 6.42. The molecule has 0 aliphatic carbocycles. The lowest BCUT2D eigenvalue weighted by Gasteiger charge is -2.35. The van der Waals surface area contributed by atoms with Crippen LogP contribution in [0.2, 0.25) is 5.02 Å². The Balaban J connectivity index is 1.55. The SMILES string of the molecule is COc1cccc(C(O)(C(=O)N(C)CCCC2CCN(c3ncc(C(=O)N(C)C)cc3Cl)CC2)C(F)(F)F)c1. The van der Waals surface area contributed by atoms with Crippen LogP contribution >= 0.6 is 11.6 Å². The first-order chi connectivity index (χ1) is 18.3. The molecule has 12 heteroatoms. The van der Waals surface area contributed by atoms with Crippen LogP contribution in [0.25, 0.3) is 0 Å². The second-order valence-corrected chi connectivity index (χ2v) is 10.4. The molecular formula is C27H34ClF3N4O4. The maximum atomic E-state index is 14.0. The van der Waals surface area contributed by atoms with E-state index in [0.717, 1.165) is 29.9 Å². The summed E-state index contributed by atoms with van der Waals surface area (Å²) in [6.07, 6.45) is -0.860. The summed E-state index contributed by atoms with van der Waals surface area (Å²) < 4.78 is 46.9. The summed E-state index contributed by atoms with van der Waals surface area (Å²) in [6.45, 7) is 1.45. The lowest BCUT2D eigenvalue weighted by molar-refractivity contribution is -0.261. The highest BCUT2D eigenvalue weighted by molar-refractivity contribution is 6.33. The number of carbonyl (C=O) groups excluding carboxylic acids is 2. The Bertz CT molecular complexity index is 1170. The molecule has 1 unspecified atom stereocenters. The van der Waals surface area contributed by atoms with Crippen molar-refractivity contribution in [2.24, 2.45) is 5.92 Å². The van der Waals surface area contributed by atoms with E-state index >= 15 is 0 Å². The normalized spacial score (nSPS) is 16.0. The van der Waals surface area contributed by atoms with Crippen LogP contribution in [-0.4, -0.2) is 85.8 Å². The van der Waals surface area contributed by atoms with Crippen molar-refractivity contribution in [2.75, 3.05) is 52.8 Å². The van der Waals surface area contributed by atoms with Gasteiger partial charge >= 0.3 is 6.18 Å².